The van der Waals surface area contributed by atoms with Gasteiger partial charge in [-0.1, -0.05) is 29.8 Å². The molecule has 3 N–H and O–H groups in total. The van der Waals surface area contributed by atoms with E-state index in [4.69, 9.17) is 5.73 Å². The fourth-order valence-electron chi connectivity index (χ4n) is 1.43. The molecule has 0 spiro atoms. The maximum atomic E-state index is 11.5. The minimum atomic E-state index is -0.565. The molecule has 1 aliphatic carbocycles. The molecule has 3 heteroatoms. The average Bonchev–Trinajstić information content (AvgIpc) is 2.97. The minimum Gasteiger partial charge on any atom is -0.350 e. The molecular formula is C12H16N2O. The molecule has 1 aromatic carbocycles. The lowest BCUT2D eigenvalue weighted by Gasteiger charge is -2.09. The Bertz CT molecular complexity index is 366. The molecule has 80 valence electrons. The van der Waals surface area contributed by atoms with Crippen molar-refractivity contribution in [2.75, 3.05) is 0 Å². The largest absolute Gasteiger partial charge is 0.350 e. The van der Waals surface area contributed by atoms with Crippen LogP contribution >= 0.6 is 0 Å². The number of amides is 1. The normalized spacial score (nSPS) is 17.2. The van der Waals surface area contributed by atoms with Crippen LogP contribution in [0, 0.1) is 6.92 Å². The minimum absolute atomic E-state index is 0.0249. The van der Waals surface area contributed by atoms with Crippen LogP contribution in [0.1, 0.15) is 24.0 Å². The summed E-state index contributed by atoms with van der Waals surface area (Å²) in [4.78, 5) is 11.5. The molecule has 0 bridgehead atoms. The van der Waals surface area contributed by atoms with E-state index in [2.05, 4.69) is 5.32 Å². The summed E-state index contributed by atoms with van der Waals surface area (Å²) in [5.74, 6) is -0.0249. The van der Waals surface area contributed by atoms with Crippen LogP contribution in [0.25, 0.3) is 0 Å². The maximum absolute atomic E-state index is 11.5. The van der Waals surface area contributed by atoms with E-state index in [1.54, 1.807) is 0 Å². The van der Waals surface area contributed by atoms with Crippen molar-refractivity contribution >= 4 is 5.91 Å². The molecule has 0 unspecified atom stereocenters. The molecule has 3 nitrogen and oxygen atoms in total. The van der Waals surface area contributed by atoms with Gasteiger partial charge in [0, 0.05) is 6.54 Å². The lowest BCUT2D eigenvalue weighted by Crippen LogP contribution is -2.42. The van der Waals surface area contributed by atoms with Gasteiger partial charge in [-0.25, -0.2) is 0 Å². The van der Waals surface area contributed by atoms with Crippen molar-refractivity contribution < 1.29 is 4.79 Å². The number of nitrogens with two attached hydrogens (primary N) is 1. The Labute approximate surface area is 89.7 Å². The molecule has 1 amide bonds. The fraction of sp³-hybridized carbons (Fsp3) is 0.417. The molecule has 2 rings (SSSR count). The quantitative estimate of drug-likeness (QED) is 0.774. The molecule has 0 aromatic heterocycles. The van der Waals surface area contributed by atoms with Gasteiger partial charge in [-0.2, -0.15) is 0 Å². The van der Waals surface area contributed by atoms with Gasteiger partial charge in [0.25, 0.3) is 0 Å². The van der Waals surface area contributed by atoms with Gasteiger partial charge in [-0.05, 0) is 25.3 Å². The summed E-state index contributed by atoms with van der Waals surface area (Å²) in [6, 6.07) is 8.12. The first-order valence-electron chi connectivity index (χ1n) is 5.23. The van der Waals surface area contributed by atoms with Gasteiger partial charge in [0.15, 0.2) is 0 Å². The van der Waals surface area contributed by atoms with Gasteiger partial charge in [-0.15, -0.1) is 0 Å². The summed E-state index contributed by atoms with van der Waals surface area (Å²) < 4.78 is 0. The number of hydrogen-bond donors (Lipinski definition) is 2. The molecule has 0 saturated heterocycles. The molecular weight excluding hydrogens is 188 g/mol. The molecule has 1 aromatic rings. The second kappa shape index (κ2) is 3.66. The van der Waals surface area contributed by atoms with Gasteiger partial charge < -0.3 is 11.1 Å². The lowest BCUT2D eigenvalue weighted by molar-refractivity contribution is -0.123. The van der Waals surface area contributed by atoms with Crippen LogP contribution in [0.2, 0.25) is 0 Å². The number of hydrogen-bond acceptors (Lipinski definition) is 2. The molecule has 0 heterocycles. The monoisotopic (exact) mass is 204 g/mol. The van der Waals surface area contributed by atoms with Crippen molar-refractivity contribution in [2.24, 2.45) is 5.73 Å². The van der Waals surface area contributed by atoms with Crippen molar-refractivity contribution in [2.45, 2.75) is 31.8 Å². The zero-order valence-electron chi connectivity index (χ0n) is 8.92. The van der Waals surface area contributed by atoms with Crippen LogP contribution in [-0.4, -0.2) is 11.4 Å². The first-order valence-corrected chi connectivity index (χ1v) is 5.23. The highest BCUT2D eigenvalue weighted by molar-refractivity contribution is 5.88. The molecule has 0 radical (unpaired) electrons. The highest BCUT2D eigenvalue weighted by Crippen LogP contribution is 2.32. The Morgan fingerprint density at radius 1 is 1.40 bits per heavy atom. The first kappa shape index (κ1) is 10.2. The van der Waals surface area contributed by atoms with Gasteiger partial charge in [0.05, 0.1) is 5.54 Å². The van der Waals surface area contributed by atoms with Crippen molar-refractivity contribution in [3.8, 4) is 0 Å². The van der Waals surface area contributed by atoms with Crippen LogP contribution in [0.5, 0.6) is 0 Å². The second-order valence-electron chi connectivity index (χ2n) is 4.32. The summed E-state index contributed by atoms with van der Waals surface area (Å²) in [6.45, 7) is 2.61. The highest BCUT2D eigenvalue weighted by atomic mass is 16.2. The third kappa shape index (κ3) is 2.36. The molecule has 1 saturated carbocycles. The average molecular weight is 204 g/mol. The summed E-state index contributed by atoms with van der Waals surface area (Å²) in [5.41, 5.74) is 7.54. The molecule has 0 atom stereocenters. The SMILES string of the molecule is Cc1ccc(CNC(=O)C2(N)CC2)cc1. The Morgan fingerprint density at radius 3 is 2.53 bits per heavy atom. The summed E-state index contributed by atoms with van der Waals surface area (Å²) in [5, 5.41) is 2.86. The second-order valence-corrected chi connectivity index (χ2v) is 4.32. The van der Waals surface area contributed by atoms with E-state index in [1.165, 1.54) is 5.56 Å². The number of aryl methyl sites for hydroxylation is 1. The van der Waals surface area contributed by atoms with E-state index < -0.39 is 5.54 Å². The lowest BCUT2D eigenvalue weighted by atomic mass is 10.1. The fourth-order valence-corrected chi connectivity index (χ4v) is 1.43. The topological polar surface area (TPSA) is 55.1 Å². The van der Waals surface area contributed by atoms with Crippen LogP contribution in [0.3, 0.4) is 0 Å². The van der Waals surface area contributed by atoms with Gasteiger partial charge in [0.1, 0.15) is 0 Å². The van der Waals surface area contributed by atoms with Crippen molar-refractivity contribution in [1.82, 2.24) is 5.32 Å². The maximum Gasteiger partial charge on any atom is 0.240 e. The van der Waals surface area contributed by atoms with E-state index in [1.807, 2.05) is 31.2 Å². The third-order valence-corrected chi connectivity index (χ3v) is 2.81. The van der Waals surface area contributed by atoms with Crippen molar-refractivity contribution in [3.05, 3.63) is 35.4 Å². The Hall–Kier alpha value is -1.35. The van der Waals surface area contributed by atoms with E-state index in [0.717, 1.165) is 18.4 Å². The summed E-state index contributed by atoms with van der Waals surface area (Å²) in [7, 11) is 0. The Kier molecular flexibility index (Phi) is 2.49. The van der Waals surface area contributed by atoms with E-state index in [0.29, 0.717) is 6.54 Å². The van der Waals surface area contributed by atoms with Gasteiger partial charge in [-0.3, -0.25) is 4.79 Å². The predicted molar refractivity (Wildman–Crippen MR) is 59.2 cm³/mol. The van der Waals surface area contributed by atoms with Gasteiger partial charge in [0.2, 0.25) is 5.91 Å². The number of carbonyl (C=O) groups is 1. The van der Waals surface area contributed by atoms with Crippen molar-refractivity contribution in [1.29, 1.82) is 0 Å². The number of carbonyl (C=O) groups excluding carboxylic acids is 1. The molecule has 15 heavy (non-hydrogen) atoms. The zero-order valence-corrected chi connectivity index (χ0v) is 8.92. The van der Waals surface area contributed by atoms with Crippen LogP contribution in [-0.2, 0) is 11.3 Å². The standard InChI is InChI=1S/C12H16N2O/c1-9-2-4-10(5-3-9)8-14-11(15)12(13)6-7-12/h2-5H,6-8,13H2,1H3,(H,14,15). The number of benzene rings is 1. The van der Waals surface area contributed by atoms with E-state index in [-0.39, 0.29) is 5.91 Å². The zero-order chi connectivity index (χ0) is 10.9. The van der Waals surface area contributed by atoms with Gasteiger partial charge >= 0.3 is 0 Å². The van der Waals surface area contributed by atoms with Crippen molar-refractivity contribution in [3.63, 3.8) is 0 Å². The number of rotatable bonds is 3. The third-order valence-electron chi connectivity index (χ3n) is 2.81. The van der Waals surface area contributed by atoms with Crippen LogP contribution < -0.4 is 11.1 Å². The predicted octanol–water partition coefficient (Wildman–Crippen LogP) is 1.10. The Morgan fingerprint density at radius 2 is 2.00 bits per heavy atom. The van der Waals surface area contributed by atoms with E-state index >= 15 is 0 Å². The van der Waals surface area contributed by atoms with Crippen LogP contribution in [0.15, 0.2) is 24.3 Å². The smallest absolute Gasteiger partial charge is 0.240 e. The molecule has 1 fully saturated rings. The first-order chi connectivity index (χ1) is 7.10. The highest BCUT2D eigenvalue weighted by Gasteiger charge is 2.45. The number of nitrogens with one attached hydrogen (secondary N) is 1. The van der Waals surface area contributed by atoms with Crippen LogP contribution in [0.4, 0.5) is 0 Å². The molecule has 0 aliphatic heterocycles. The summed E-state index contributed by atoms with van der Waals surface area (Å²) >= 11 is 0. The summed E-state index contributed by atoms with van der Waals surface area (Å²) in [6.07, 6.45) is 1.62. The Balaban J connectivity index is 1.88. The van der Waals surface area contributed by atoms with E-state index in [9.17, 15) is 4.79 Å². The molecule has 1 aliphatic rings.